The minimum Gasteiger partial charge on any atom is -0.497 e. The van der Waals surface area contributed by atoms with E-state index in [1.807, 2.05) is 43.3 Å². The third-order valence-electron chi connectivity index (χ3n) is 5.52. The molecule has 3 rings (SSSR count). The lowest BCUT2D eigenvalue weighted by Gasteiger charge is -2.27. The lowest BCUT2D eigenvalue weighted by Crippen LogP contribution is -2.38. The summed E-state index contributed by atoms with van der Waals surface area (Å²) in [6.07, 6.45) is -0.406. The number of hydrogen-bond acceptors (Lipinski definition) is 5. The minimum absolute atomic E-state index is 0.0773. The van der Waals surface area contributed by atoms with E-state index in [0.29, 0.717) is 6.61 Å². The van der Waals surface area contributed by atoms with Gasteiger partial charge in [-0.2, -0.15) is 0 Å². The molecule has 0 radical (unpaired) electrons. The third-order valence-corrected chi connectivity index (χ3v) is 5.52. The van der Waals surface area contributed by atoms with Gasteiger partial charge in [-0.1, -0.05) is 43.3 Å². The van der Waals surface area contributed by atoms with Crippen molar-refractivity contribution in [3.63, 3.8) is 0 Å². The first kappa shape index (κ1) is 21.8. The molecule has 0 aromatic heterocycles. The van der Waals surface area contributed by atoms with E-state index < -0.39 is 6.29 Å². The minimum atomic E-state index is -0.463. The van der Waals surface area contributed by atoms with Crippen molar-refractivity contribution in [3.05, 3.63) is 65.2 Å². The Bertz CT molecular complexity index is 777. The Labute approximate surface area is 173 Å². The molecule has 29 heavy (non-hydrogen) atoms. The zero-order valence-corrected chi connectivity index (χ0v) is 18.0. The summed E-state index contributed by atoms with van der Waals surface area (Å²) >= 11 is 0. The summed E-state index contributed by atoms with van der Waals surface area (Å²) in [6.45, 7) is 6.73. The lowest BCUT2D eigenvalue weighted by molar-refractivity contribution is -0.176. The predicted octanol–water partition coefficient (Wildman–Crippen LogP) is 4.82. The molecule has 0 N–H and O–H groups in total. The molecule has 1 fully saturated rings. The van der Waals surface area contributed by atoms with Gasteiger partial charge in [0.2, 0.25) is 0 Å². The molecule has 0 amide bonds. The summed E-state index contributed by atoms with van der Waals surface area (Å²) in [4.78, 5) is 0. The molecule has 1 aliphatic rings. The van der Waals surface area contributed by atoms with Crippen LogP contribution in [-0.2, 0) is 25.6 Å². The average molecular weight is 401 g/mol. The Morgan fingerprint density at radius 1 is 1.03 bits per heavy atom. The van der Waals surface area contributed by atoms with Crippen molar-refractivity contribution in [1.82, 2.24) is 0 Å². The van der Waals surface area contributed by atoms with Gasteiger partial charge in [-0.3, -0.25) is 0 Å². The number of ether oxygens (including phenoxy) is 5. The summed E-state index contributed by atoms with van der Waals surface area (Å²) in [5.74, 6) is 0.808. The number of aryl methyl sites for hydroxylation is 1. The van der Waals surface area contributed by atoms with Gasteiger partial charge in [-0.25, -0.2) is 0 Å². The zero-order valence-electron chi connectivity index (χ0n) is 18.0. The van der Waals surface area contributed by atoms with E-state index in [0.717, 1.165) is 17.7 Å². The molecule has 0 spiro atoms. The van der Waals surface area contributed by atoms with Crippen LogP contribution in [0.15, 0.2) is 48.5 Å². The molecule has 0 bridgehead atoms. The highest BCUT2D eigenvalue weighted by atomic mass is 16.7. The van der Waals surface area contributed by atoms with Crippen LogP contribution in [0.5, 0.6) is 5.75 Å². The average Bonchev–Trinajstić information content (AvgIpc) is 3.09. The van der Waals surface area contributed by atoms with Gasteiger partial charge in [-0.15, -0.1) is 0 Å². The van der Waals surface area contributed by atoms with E-state index in [4.69, 9.17) is 23.7 Å². The Kier molecular flexibility index (Phi) is 7.67. The first-order valence-electron chi connectivity index (χ1n) is 10.2. The van der Waals surface area contributed by atoms with E-state index in [9.17, 15) is 0 Å². The highest BCUT2D eigenvalue weighted by Crippen LogP contribution is 2.34. The van der Waals surface area contributed by atoms with Crippen LogP contribution in [0.2, 0.25) is 0 Å². The van der Waals surface area contributed by atoms with Crippen molar-refractivity contribution in [1.29, 1.82) is 0 Å². The summed E-state index contributed by atoms with van der Waals surface area (Å²) in [5.41, 5.74) is 3.42. The number of rotatable bonds is 9. The van der Waals surface area contributed by atoms with Crippen molar-refractivity contribution in [2.45, 2.75) is 64.5 Å². The van der Waals surface area contributed by atoms with E-state index in [-0.39, 0.29) is 24.4 Å². The van der Waals surface area contributed by atoms with Crippen molar-refractivity contribution < 1.29 is 23.7 Å². The smallest absolute Gasteiger partial charge is 0.186 e. The molecule has 2 aromatic rings. The molecule has 1 unspecified atom stereocenters. The van der Waals surface area contributed by atoms with E-state index in [1.165, 1.54) is 11.1 Å². The maximum absolute atomic E-state index is 6.43. The van der Waals surface area contributed by atoms with E-state index in [2.05, 4.69) is 26.0 Å². The lowest BCUT2D eigenvalue weighted by atomic mass is 10.1. The Morgan fingerprint density at radius 3 is 2.52 bits per heavy atom. The third kappa shape index (κ3) is 5.17. The van der Waals surface area contributed by atoms with Gasteiger partial charge in [0, 0.05) is 7.11 Å². The van der Waals surface area contributed by atoms with Crippen LogP contribution < -0.4 is 4.74 Å². The standard InChI is InChI=1S/C24H32O5/c1-6-21-22(27-15-19-11-8-7-10-16(19)2)23(24(26-5)29-21)28-17(3)18-12-9-13-20(14-18)25-4/h7-14,17,21-24H,6,15H2,1-5H3/t17?,21-,22+,23-,24-/m1/s1. The van der Waals surface area contributed by atoms with Crippen LogP contribution in [-0.4, -0.2) is 38.8 Å². The van der Waals surface area contributed by atoms with Crippen LogP contribution in [0.3, 0.4) is 0 Å². The van der Waals surface area contributed by atoms with Gasteiger partial charge in [0.15, 0.2) is 6.29 Å². The molecule has 5 heteroatoms. The fourth-order valence-corrected chi connectivity index (χ4v) is 3.72. The Balaban J connectivity index is 1.75. The molecule has 1 aliphatic heterocycles. The van der Waals surface area contributed by atoms with Gasteiger partial charge in [0.25, 0.3) is 0 Å². The van der Waals surface area contributed by atoms with Crippen molar-refractivity contribution in [3.8, 4) is 5.75 Å². The summed E-state index contributed by atoms with van der Waals surface area (Å²) in [7, 11) is 3.31. The maximum atomic E-state index is 6.43. The Morgan fingerprint density at radius 2 is 1.83 bits per heavy atom. The summed E-state index contributed by atoms with van der Waals surface area (Å²) in [6, 6.07) is 16.2. The summed E-state index contributed by atoms with van der Waals surface area (Å²) < 4.78 is 29.8. The number of methoxy groups -OCH3 is 2. The van der Waals surface area contributed by atoms with Crippen molar-refractivity contribution >= 4 is 0 Å². The van der Waals surface area contributed by atoms with Gasteiger partial charge < -0.3 is 23.7 Å². The van der Waals surface area contributed by atoms with Crippen LogP contribution in [0, 0.1) is 6.92 Å². The van der Waals surface area contributed by atoms with Crippen LogP contribution in [0.25, 0.3) is 0 Å². The molecule has 0 saturated carbocycles. The second kappa shape index (κ2) is 10.2. The predicted molar refractivity (Wildman–Crippen MR) is 112 cm³/mol. The van der Waals surface area contributed by atoms with Crippen LogP contribution in [0.1, 0.15) is 43.1 Å². The molecule has 5 nitrogen and oxygen atoms in total. The van der Waals surface area contributed by atoms with E-state index in [1.54, 1.807) is 14.2 Å². The SMILES string of the molecule is CC[C@H]1O[C@@H](OC)[C@H](OC(C)c2cccc(OC)c2)[C@H]1OCc1ccccc1C. The Hall–Kier alpha value is -1.92. The zero-order chi connectivity index (χ0) is 20.8. The second-order valence-corrected chi connectivity index (χ2v) is 7.41. The molecule has 0 aliphatic carbocycles. The molecular formula is C24H32O5. The first-order valence-corrected chi connectivity index (χ1v) is 10.2. The van der Waals surface area contributed by atoms with Gasteiger partial charge >= 0.3 is 0 Å². The fraction of sp³-hybridized carbons (Fsp3) is 0.500. The van der Waals surface area contributed by atoms with Crippen molar-refractivity contribution in [2.75, 3.05) is 14.2 Å². The molecule has 1 saturated heterocycles. The fourth-order valence-electron chi connectivity index (χ4n) is 3.72. The second-order valence-electron chi connectivity index (χ2n) is 7.41. The topological polar surface area (TPSA) is 46.2 Å². The van der Waals surface area contributed by atoms with Crippen molar-refractivity contribution in [2.24, 2.45) is 0 Å². The van der Waals surface area contributed by atoms with Crippen LogP contribution >= 0.6 is 0 Å². The van der Waals surface area contributed by atoms with Crippen LogP contribution in [0.4, 0.5) is 0 Å². The highest BCUT2D eigenvalue weighted by Gasteiger charge is 2.46. The molecule has 1 heterocycles. The molecule has 2 aromatic carbocycles. The molecule has 5 atom stereocenters. The number of hydrogen-bond donors (Lipinski definition) is 0. The molecular weight excluding hydrogens is 368 g/mol. The molecule has 158 valence electrons. The largest absolute Gasteiger partial charge is 0.497 e. The van der Waals surface area contributed by atoms with E-state index >= 15 is 0 Å². The highest BCUT2D eigenvalue weighted by molar-refractivity contribution is 5.29. The maximum Gasteiger partial charge on any atom is 0.186 e. The normalized spacial score (nSPS) is 25.1. The monoisotopic (exact) mass is 400 g/mol. The first-order chi connectivity index (χ1) is 14.1. The van der Waals surface area contributed by atoms with Gasteiger partial charge in [0.05, 0.1) is 25.9 Å². The summed E-state index contributed by atoms with van der Waals surface area (Å²) in [5, 5.41) is 0. The van der Waals surface area contributed by atoms with Gasteiger partial charge in [0.1, 0.15) is 18.0 Å². The quantitative estimate of drug-likeness (QED) is 0.604. The number of benzene rings is 2. The van der Waals surface area contributed by atoms with Gasteiger partial charge in [-0.05, 0) is 49.1 Å².